The number of amides is 8. The molecule has 0 bridgehead atoms. The number of unbranched alkanes of at least 4 members (excludes halogenated alkanes) is 10. The number of carbonyl (C=O) groups excluding carboxylic acids is 11. The van der Waals surface area contributed by atoms with Crippen LogP contribution in [0, 0.1) is 5.92 Å². The van der Waals surface area contributed by atoms with Gasteiger partial charge in [0.2, 0.25) is 5.91 Å². The first-order valence-electron chi connectivity index (χ1n) is 34.2. The van der Waals surface area contributed by atoms with Crippen molar-refractivity contribution < 1.29 is 91.8 Å². The minimum absolute atomic E-state index is 0.0244. The third-order valence-electron chi connectivity index (χ3n) is 12.3. The van der Waals surface area contributed by atoms with Crippen molar-refractivity contribution in [2.75, 3.05) is 46.4 Å². The van der Waals surface area contributed by atoms with E-state index in [4.69, 9.17) is 46.1 Å². The fourth-order valence-corrected chi connectivity index (χ4v) is 8.29. The molecule has 0 aromatic rings. The van der Waals surface area contributed by atoms with Crippen LogP contribution in [0.3, 0.4) is 0 Å². The van der Waals surface area contributed by atoms with Gasteiger partial charge < -0.3 is 76.6 Å². The summed E-state index contributed by atoms with van der Waals surface area (Å²) in [4.78, 5) is 140. The fraction of sp³-hybridized carbons (Fsp3) is 0.836. The van der Waals surface area contributed by atoms with Gasteiger partial charge in [0.05, 0.1) is 21.0 Å². The molecule has 28 heteroatoms. The van der Waals surface area contributed by atoms with Crippen LogP contribution >= 0.6 is 0 Å². The first-order valence-corrected chi connectivity index (χ1v) is 33.5. The van der Waals surface area contributed by atoms with E-state index >= 15 is 0 Å². The van der Waals surface area contributed by atoms with E-state index in [1.54, 1.807) is 125 Å². The summed E-state index contributed by atoms with van der Waals surface area (Å²) in [7, 11) is -1.00. The van der Waals surface area contributed by atoms with Crippen LogP contribution in [0.1, 0.15) is 267 Å². The number of alkyl carbamates (subject to hydrolysis) is 5. The molecule has 0 aromatic heterocycles. The van der Waals surface area contributed by atoms with Crippen LogP contribution in [0.25, 0.3) is 0 Å². The number of nitrogens with zero attached hydrogens (tertiary/aromatic N) is 1. The third-order valence-corrected chi connectivity index (χ3v) is 12.3. The molecule has 1 heterocycles. The van der Waals surface area contributed by atoms with Gasteiger partial charge in [-0.1, -0.05) is 38.5 Å². The van der Waals surface area contributed by atoms with Crippen LogP contribution in [0.15, 0.2) is 0 Å². The molecule has 0 saturated carbocycles. The summed E-state index contributed by atoms with van der Waals surface area (Å²) in [5.41, 5.74) is 6.64. The largest absolute Gasteiger partial charge is 0.460 e. The molecular weight excluding hydrogens is 1240 g/mol. The Labute approximate surface area is 568 Å². The minimum Gasteiger partial charge on any atom is -0.460 e. The molecular formula is C67H126FN9O18. The number of rotatable bonds is 36. The number of nitrogens with two attached hydrogens (primary N) is 2. The number of carbonyl (C=O) groups is 11. The summed E-state index contributed by atoms with van der Waals surface area (Å²) in [5, 5.41) is 16.6. The normalized spacial score (nSPS) is 13.5. The number of esters is 1. The zero-order chi connectivity index (χ0) is 74.4. The van der Waals surface area contributed by atoms with Gasteiger partial charge in [0.15, 0.2) is 5.78 Å². The second-order valence-corrected chi connectivity index (χ2v) is 28.9. The average Bonchev–Trinajstić information content (AvgIpc) is 1.73. The molecule has 10 N–H and O–H groups in total. The molecule has 1 aliphatic heterocycles. The van der Waals surface area contributed by atoms with Gasteiger partial charge in [-0.2, -0.15) is 0 Å². The lowest BCUT2D eigenvalue weighted by molar-refractivity contribution is -0.199. The predicted molar refractivity (Wildman–Crippen MR) is 361 cm³/mol. The Morgan fingerprint density at radius 2 is 0.758 bits per heavy atom. The maximum absolute atomic E-state index is 13.1. The number of nitrogens with one attached hydrogen (secondary N) is 6. The van der Waals surface area contributed by atoms with E-state index in [2.05, 4.69) is 31.9 Å². The molecule has 0 aromatic carbocycles. The summed E-state index contributed by atoms with van der Waals surface area (Å²) >= 11 is 0. The molecule has 554 valence electrons. The second-order valence-electron chi connectivity index (χ2n) is 28.9. The van der Waals surface area contributed by atoms with Gasteiger partial charge in [0.1, 0.15) is 39.6 Å². The quantitative estimate of drug-likeness (QED) is 0.0125. The molecule has 8 amide bonds. The van der Waals surface area contributed by atoms with Crippen molar-refractivity contribution >= 4 is 65.9 Å². The van der Waals surface area contributed by atoms with E-state index in [1.165, 1.54) is 12.8 Å². The van der Waals surface area contributed by atoms with Crippen LogP contribution < -0.4 is 43.4 Å². The lowest BCUT2D eigenvalue weighted by Crippen LogP contribution is -2.46. The Balaban J connectivity index is -0.00000171. The molecule has 1 fully saturated rings. The van der Waals surface area contributed by atoms with Crippen molar-refractivity contribution in [1.82, 2.24) is 37.0 Å². The van der Waals surface area contributed by atoms with Crippen LogP contribution in [-0.2, 0) is 62.0 Å². The number of hydrogen-bond acceptors (Lipinski definition) is 20. The molecule has 3 atom stereocenters. The van der Waals surface area contributed by atoms with Crippen molar-refractivity contribution in [3.63, 3.8) is 0 Å². The summed E-state index contributed by atoms with van der Waals surface area (Å²) in [6.07, 6.45) is 10.4. The molecule has 0 spiro atoms. The van der Waals surface area contributed by atoms with Crippen molar-refractivity contribution in [3.05, 3.63) is 0 Å². The summed E-state index contributed by atoms with van der Waals surface area (Å²) in [6, 6.07) is -1.83. The van der Waals surface area contributed by atoms with E-state index in [-0.39, 0.29) is 37.4 Å². The summed E-state index contributed by atoms with van der Waals surface area (Å²) in [5.74, 6) is -3.42. The van der Waals surface area contributed by atoms with E-state index in [0.29, 0.717) is 95.5 Å². The number of halogens is 1. The summed E-state index contributed by atoms with van der Waals surface area (Å²) in [6.45, 7) is 34.9. The Morgan fingerprint density at radius 1 is 0.442 bits per heavy atom. The Bertz CT molecular complexity index is 2180. The van der Waals surface area contributed by atoms with E-state index in [9.17, 15) is 57.1 Å². The SMILES string of the molecule is CC(C)(C)OC(=O)C[C@H](CCCCNC(=O)OC(C)(C)C)C(=O)NCCCCCCCC(=O)[C@H](CCCCNC(=O)OC(C)(C)C)NC(=O)OC(C)(C)C.CC(C)(C)OC(=O)NCCCC[C@H](NC(=O)OC(C)(C)C)C(=O)ON1C(=O)CCC1=O.NCCCCCCN.[2H]CF. The number of Topliss-reactive ketones (excluding diaryl/α,β-unsaturated/α-hetero) is 1. The highest BCUT2D eigenvalue weighted by Gasteiger charge is 2.36. The van der Waals surface area contributed by atoms with Crippen molar-refractivity contribution in [2.45, 2.75) is 312 Å². The van der Waals surface area contributed by atoms with Crippen molar-refractivity contribution in [1.29, 1.82) is 0 Å². The van der Waals surface area contributed by atoms with Gasteiger partial charge >= 0.3 is 42.4 Å². The fourth-order valence-electron chi connectivity index (χ4n) is 8.29. The Hall–Kier alpha value is -6.58. The van der Waals surface area contributed by atoms with Gasteiger partial charge in [-0.05, 0) is 215 Å². The highest BCUT2D eigenvalue weighted by molar-refractivity contribution is 6.02. The van der Waals surface area contributed by atoms with Gasteiger partial charge in [-0.15, -0.1) is 5.06 Å². The van der Waals surface area contributed by atoms with Crippen LogP contribution in [0.2, 0.25) is 0 Å². The smallest absolute Gasteiger partial charge is 0.408 e. The van der Waals surface area contributed by atoms with Gasteiger partial charge in [0.25, 0.3) is 11.8 Å². The van der Waals surface area contributed by atoms with Crippen molar-refractivity contribution in [3.8, 4) is 0 Å². The average molecular weight is 1370 g/mol. The predicted octanol–water partition coefficient (Wildman–Crippen LogP) is 10.9. The lowest BCUT2D eigenvalue weighted by atomic mass is 9.97. The van der Waals surface area contributed by atoms with Crippen LogP contribution in [0.4, 0.5) is 28.4 Å². The van der Waals surface area contributed by atoms with Crippen LogP contribution in [0.5, 0.6) is 0 Å². The van der Waals surface area contributed by atoms with Gasteiger partial charge in [-0.25, -0.2) is 28.8 Å². The maximum atomic E-state index is 13.1. The standard InChI is InChI=1S/C40H74N4O10.C20H33N3O8.C6H16N2.CH3F/c1-37(2,3)51-32(46)28-29(22-17-20-26-42-34(48)52-38(4,5)6)33(47)41-25-19-15-13-14-16-24-31(45)30(44-36(50)54-40(10,11)12)23-18-21-27-43-35(49)53-39(7,8)9;1-19(2,3)29-17(27)21-12-8-7-9-13(22-18(28)30-20(4,5)6)16(26)31-23-14(24)10-11-15(23)25;7-5-3-1-2-4-6-8;1-2/h29-30H,13-28H2,1-12H3,(H,41,47)(H,42,48)(H,43,49)(H,44,50);13H,7-12H2,1-6H3,(H,21,27)(H,22,28);1-8H2;1H3/t29-,30-;13-;;/m00../s1/i;;;1D. The van der Waals surface area contributed by atoms with E-state index in [0.717, 1.165) is 51.6 Å². The topological polar surface area (TPSA) is 380 Å². The number of hydrogen-bond donors (Lipinski definition) is 8. The minimum atomic E-state index is -1.14. The maximum Gasteiger partial charge on any atom is 0.408 e. The lowest BCUT2D eigenvalue weighted by Gasteiger charge is -2.23. The zero-order valence-electron chi connectivity index (χ0n) is 62.1. The molecule has 1 rings (SSSR count). The highest BCUT2D eigenvalue weighted by atomic mass is 19.1. The number of ether oxygens (including phenoxy) is 6. The zero-order valence-corrected chi connectivity index (χ0v) is 61.1. The number of alkyl halides is 1. The molecule has 27 nitrogen and oxygen atoms in total. The number of ketones is 1. The molecule has 95 heavy (non-hydrogen) atoms. The molecule has 1 aliphatic rings. The molecule has 0 unspecified atom stereocenters. The van der Waals surface area contributed by atoms with Crippen molar-refractivity contribution in [2.24, 2.45) is 17.4 Å². The van der Waals surface area contributed by atoms with E-state index < -0.39 is 113 Å². The first kappa shape index (κ1) is 90.5. The second kappa shape index (κ2) is 49.0. The monoisotopic (exact) mass is 1360 g/mol. The Morgan fingerprint density at radius 3 is 1.15 bits per heavy atom. The third kappa shape index (κ3) is 58.5. The molecule has 0 aliphatic carbocycles. The molecule has 1 saturated heterocycles. The molecule has 0 radical (unpaired) electrons. The first-order chi connectivity index (χ1) is 44.3. The van der Waals surface area contributed by atoms with E-state index in [1.807, 2.05) is 0 Å². The van der Waals surface area contributed by atoms with Gasteiger partial charge in [-0.3, -0.25) is 28.4 Å². The van der Waals surface area contributed by atoms with Gasteiger partial charge in [0, 0.05) is 51.4 Å². The highest BCUT2D eigenvalue weighted by Crippen LogP contribution is 2.20. The number of hydroxylamine groups is 2. The van der Waals surface area contributed by atoms with Crippen LogP contribution in [-0.4, -0.2) is 163 Å². The summed E-state index contributed by atoms with van der Waals surface area (Å²) < 4.78 is 47.1. The Kier molecular flexibility index (Phi) is 46.7. The number of imide groups is 1.